The number of hydrogen-bond donors (Lipinski definition) is 1. The molecule has 16 heavy (non-hydrogen) atoms. The van der Waals surface area contributed by atoms with Crippen LogP contribution in [0.5, 0.6) is 0 Å². The molecule has 0 spiro atoms. The molecule has 1 rings (SSSR count). The number of pyridine rings is 1. The average Bonchev–Trinajstić information content (AvgIpc) is 2.17. The highest BCUT2D eigenvalue weighted by molar-refractivity contribution is 5.27. The Hall–Kier alpha value is -1.70. The largest absolute Gasteiger partial charge is 0.404 e. The van der Waals surface area contributed by atoms with Gasteiger partial charge in [0.05, 0.1) is 4.92 Å². The molecular weight excluding hydrogens is 227 g/mol. The molecule has 0 bridgehead atoms. The van der Waals surface area contributed by atoms with Gasteiger partial charge in [-0.3, -0.25) is 15.1 Å². The summed E-state index contributed by atoms with van der Waals surface area (Å²) < 4.78 is 36.2. The Balaban J connectivity index is 2.73. The van der Waals surface area contributed by atoms with Crippen LogP contribution in [0.1, 0.15) is 5.69 Å². The molecule has 1 unspecified atom stereocenters. The summed E-state index contributed by atoms with van der Waals surface area (Å²) in [5.41, 5.74) is 4.67. The fourth-order valence-electron chi connectivity index (χ4n) is 0.986. The van der Waals surface area contributed by atoms with Crippen molar-refractivity contribution in [1.82, 2.24) is 4.98 Å². The van der Waals surface area contributed by atoms with Crippen molar-refractivity contribution in [3.63, 3.8) is 0 Å². The highest BCUT2D eigenvalue weighted by Gasteiger charge is 2.36. The van der Waals surface area contributed by atoms with Crippen LogP contribution < -0.4 is 5.73 Å². The van der Waals surface area contributed by atoms with E-state index in [-0.39, 0.29) is 11.4 Å². The number of nitrogens with two attached hydrogens (primary N) is 1. The molecule has 0 aliphatic carbocycles. The zero-order valence-corrected chi connectivity index (χ0v) is 7.94. The maximum absolute atomic E-state index is 12.1. The molecule has 1 aromatic heterocycles. The van der Waals surface area contributed by atoms with Gasteiger partial charge < -0.3 is 5.73 Å². The summed E-state index contributed by atoms with van der Waals surface area (Å²) in [7, 11) is 0. The van der Waals surface area contributed by atoms with Crippen molar-refractivity contribution in [1.29, 1.82) is 0 Å². The third kappa shape index (κ3) is 3.16. The van der Waals surface area contributed by atoms with Gasteiger partial charge in [0.15, 0.2) is 0 Å². The van der Waals surface area contributed by atoms with Crippen molar-refractivity contribution < 1.29 is 18.1 Å². The topological polar surface area (TPSA) is 82.0 Å². The predicted molar refractivity (Wildman–Crippen MR) is 48.6 cm³/mol. The number of aromatic nitrogens is 1. The molecule has 5 nitrogen and oxygen atoms in total. The Morgan fingerprint density at radius 1 is 1.50 bits per heavy atom. The Morgan fingerprint density at radius 2 is 2.12 bits per heavy atom. The van der Waals surface area contributed by atoms with Crippen molar-refractivity contribution in [2.45, 2.75) is 18.6 Å². The van der Waals surface area contributed by atoms with Gasteiger partial charge >= 0.3 is 6.18 Å². The number of rotatable bonds is 3. The van der Waals surface area contributed by atoms with Crippen LogP contribution in [0.2, 0.25) is 0 Å². The van der Waals surface area contributed by atoms with Gasteiger partial charge in [-0.1, -0.05) is 0 Å². The van der Waals surface area contributed by atoms with Crippen LogP contribution >= 0.6 is 0 Å². The van der Waals surface area contributed by atoms with E-state index in [0.717, 1.165) is 18.3 Å². The Kier molecular flexibility index (Phi) is 3.43. The minimum Gasteiger partial charge on any atom is -0.320 e. The van der Waals surface area contributed by atoms with Crippen molar-refractivity contribution in [2.24, 2.45) is 5.73 Å². The predicted octanol–water partition coefficient (Wildman–Crippen LogP) is 1.42. The SMILES string of the molecule is NC(Cc1ccc([N+](=O)[O-])cn1)C(F)(F)F. The van der Waals surface area contributed by atoms with Crippen LogP contribution in [-0.2, 0) is 6.42 Å². The monoisotopic (exact) mass is 235 g/mol. The fourth-order valence-corrected chi connectivity index (χ4v) is 0.986. The summed E-state index contributed by atoms with van der Waals surface area (Å²) in [5, 5.41) is 10.3. The summed E-state index contributed by atoms with van der Waals surface area (Å²) >= 11 is 0. The number of hydrogen-bond acceptors (Lipinski definition) is 4. The maximum atomic E-state index is 12.1. The Morgan fingerprint density at radius 3 is 2.50 bits per heavy atom. The first kappa shape index (κ1) is 12.4. The van der Waals surface area contributed by atoms with E-state index >= 15 is 0 Å². The number of alkyl halides is 3. The van der Waals surface area contributed by atoms with Crippen molar-refractivity contribution in [2.75, 3.05) is 0 Å². The van der Waals surface area contributed by atoms with E-state index in [1.165, 1.54) is 0 Å². The summed E-state index contributed by atoms with van der Waals surface area (Å²) in [6.07, 6.45) is -4.09. The third-order valence-electron chi connectivity index (χ3n) is 1.87. The first-order chi connectivity index (χ1) is 7.30. The Labute approximate surface area is 88.2 Å². The second kappa shape index (κ2) is 4.44. The number of nitro groups is 1. The van der Waals surface area contributed by atoms with E-state index in [9.17, 15) is 23.3 Å². The van der Waals surface area contributed by atoms with E-state index in [2.05, 4.69) is 4.98 Å². The number of halogens is 3. The van der Waals surface area contributed by atoms with Gasteiger partial charge in [0.2, 0.25) is 0 Å². The molecule has 0 amide bonds. The zero-order valence-electron chi connectivity index (χ0n) is 7.94. The second-order valence-electron chi connectivity index (χ2n) is 3.12. The summed E-state index contributed by atoms with van der Waals surface area (Å²) in [6.45, 7) is 0. The molecule has 88 valence electrons. The fraction of sp³-hybridized carbons (Fsp3) is 0.375. The van der Waals surface area contributed by atoms with Crippen LogP contribution in [0, 0.1) is 10.1 Å². The van der Waals surface area contributed by atoms with Crippen LogP contribution in [-0.4, -0.2) is 22.1 Å². The molecule has 0 saturated heterocycles. The molecule has 0 fully saturated rings. The lowest BCUT2D eigenvalue weighted by atomic mass is 10.1. The Bertz CT molecular complexity index is 377. The molecule has 1 atom stereocenters. The van der Waals surface area contributed by atoms with Gasteiger partial charge in [0, 0.05) is 18.2 Å². The van der Waals surface area contributed by atoms with E-state index in [1.807, 2.05) is 0 Å². The zero-order chi connectivity index (χ0) is 12.3. The quantitative estimate of drug-likeness (QED) is 0.634. The third-order valence-corrected chi connectivity index (χ3v) is 1.87. The molecule has 1 aromatic rings. The molecular formula is C8H8F3N3O2. The van der Waals surface area contributed by atoms with Gasteiger partial charge in [-0.15, -0.1) is 0 Å². The second-order valence-corrected chi connectivity index (χ2v) is 3.12. The van der Waals surface area contributed by atoms with Gasteiger partial charge in [-0.2, -0.15) is 13.2 Å². The molecule has 8 heteroatoms. The highest BCUT2D eigenvalue weighted by atomic mass is 19.4. The summed E-state index contributed by atoms with van der Waals surface area (Å²) in [5.74, 6) is 0. The van der Waals surface area contributed by atoms with Crippen molar-refractivity contribution in [3.05, 3.63) is 34.1 Å². The van der Waals surface area contributed by atoms with Crippen LogP contribution in [0.25, 0.3) is 0 Å². The summed E-state index contributed by atoms with van der Waals surface area (Å²) in [6, 6.07) is 0.233. The minimum absolute atomic E-state index is 0.0652. The smallest absolute Gasteiger partial charge is 0.320 e. The molecule has 0 aromatic carbocycles. The highest BCUT2D eigenvalue weighted by Crippen LogP contribution is 2.21. The molecule has 2 N–H and O–H groups in total. The molecule has 0 radical (unpaired) electrons. The first-order valence-electron chi connectivity index (χ1n) is 4.22. The van der Waals surface area contributed by atoms with E-state index in [4.69, 9.17) is 5.73 Å². The van der Waals surface area contributed by atoms with E-state index < -0.39 is 23.6 Å². The maximum Gasteiger partial charge on any atom is 0.404 e. The van der Waals surface area contributed by atoms with Gasteiger partial charge in [0.1, 0.15) is 12.2 Å². The van der Waals surface area contributed by atoms with Crippen molar-refractivity contribution in [3.8, 4) is 0 Å². The van der Waals surface area contributed by atoms with Gasteiger partial charge in [0.25, 0.3) is 5.69 Å². The van der Waals surface area contributed by atoms with Crippen LogP contribution in [0.4, 0.5) is 18.9 Å². The summed E-state index contributed by atoms with van der Waals surface area (Å²) in [4.78, 5) is 13.1. The molecule has 0 saturated carbocycles. The van der Waals surface area contributed by atoms with Crippen LogP contribution in [0.3, 0.4) is 0 Å². The normalized spacial score (nSPS) is 13.5. The van der Waals surface area contributed by atoms with Gasteiger partial charge in [-0.25, -0.2) is 0 Å². The molecule has 1 heterocycles. The van der Waals surface area contributed by atoms with Crippen LogP contribution in [0.15, 0.2) is 18.3 Å². The van der Waals surface area contributed by atoms with E-state index in [0.29, 0.717) is 0 Å². The minimum atomic E-state index is -4.50. The molecule has 0 aliphatic heterocycles. The standard InChI is InChI=1S/C8H8F3N3O2/c9-8(10,11)7(12)3-5-1-2-6(4-13-5)14(15)16/h1-2,4,7H,3,12H2. The molecule has 0 aliphatic rings. The lowest BCUT2D eigenvalue weighted by molar-refractivity contribution is -0.385. The first-order valence-corrected chi connectivity index (χ1v) is 4.22. The lowest BCUT2D eigenvalue weighted by Gasteiger charge is -2.14. The van der Waals surface area contributed by atoms with E-state index in [1.54, 1.807) is 0 Å². The number of nitrogens with zero attached hydrogens (tertiary/aromatic N) is 2. The van der Waals surface area contributed by atoms with Gasteiger partial charge in [-0.05, 0) is 6.07 Å². The lowest BCUT2D eigenvalue weighted by Crippen LogP contribution is -2.39. The van der Waals surface area contributed by atoms with Crippen molar-refractivity contribution >= 4 is 5.69 Å². The average molecular weight is 235 g/mol.